The maximum Gasteiger partial charge on any atom is 0.308 e. The van der Waals surface area contributed by atoms with Crippen LogP contribution in [0.4, 0.5) is 8.78 Å². The SMILES string of the molecule is O=C(O)C1CN(S(=O)(=O)c2ccc3c(c2)CCO3)CC(F)(F)C1. The first-order valence-corrected chi connectivity index (χ1v) is 8.49. The van der Waals surface area contributed by atoms with E-state index < -0.39 is 47.3 Å². The van der Waals surface area contributed by atoms with Gasteiger partial charge in [-0.3, -0.25) is 4.79 Å². The van der Waals surface area contributed by atoms with Gasteiger partial charge in [0.15, 0.2) is 0 Å². The molecule has 0 aliphatic carbocycles. The Bertz CT molecular complexity index is 750. The molecule has 2 aliphatic heterocycles. The quantitative estimate of drug-likeness (QED) is 0.892. The second-order valence-corrected chi connectivity index (χ2v) is 7.70. The Kier molecular flexibility index (Phi) is 3.80. The minimum atomic E-state index is -4.19. The number of nitrogens with zero attached hydrogens (tertiary/aromatic N) is 1. The molecule has 0 radical (unpaired) electrons. The highest BCUT2D eigenvalue weighted by Gasteiger charge is 2.47. The number of alkyl halides is 2. The lowest BCUT2D eigenvalue weighted by Crippen LogP contribution is -2.51. The van der Waals surface area contributed by atoms with E-state index in [0.29, 0.717) is 28.6 Å². The van der Waals surface area contributed by atoms with Crippen LogP contribution in [0, 0.1) is 5.92 Å². The highest BCUT2D eigenvalue weighted by atomic mass is 32.2. The van der Waals surface area contributed by atoms with Crippen molar-refractivity contribution in [3.8, 4) is 5.75 Å². The maximum absolute atomic E-state index is 13.7. The molecule has 0 amide bonds. The molecule has 1 unspecified atom stereocenters. The molecule has 1 aromatic rings. The molecule has 9 heteroatoms. The van der Waals surface area contributed by atoms with E-state index in [1.165, 1.54) is 18.2 Å². The van der Waals surface area contributed by atoms with Gasteiger partial charge in [0.2, 0.25) is 10.0 Å². The second kappa shape index (κ2) is 5.41. The normalized spacial score (nSPS) is 24.0. The topological polar surface area (TPSA) is 83.9 Å². The van der Waals surface area contributed by atoms with E-state index in [-0.39, 0.29) is 4.90 Å². The lowest BCUT2D eigenvalue weighted by Gasteiger charge is -2.35. The van der Waals surface area contributed by atoms with Crippen molar-refractivity contribution in [3.05, 3.63) is 23.8 Å². The zero-order valence-electron chi connectivity index (χ0n) is 12.0. The molecule has 126 valence electrons. The van der Waals surface area contributed by atoms with Crippen LogP contribution in [0.2, 0.25) is 0 Å². The van der Waals surface area contributed by atoms with Crippen molar-refractivity contribution in [2.24, 2.45) is 5.92 Å². The molecule has 2 heterocycles. The number of benzene rings is 1. The zero-order valence-corrected chi connectivity index (χ0v) is 12.9. The van der Waals surface area contributed by atoms with Gasteiger partial charge in [0, 0.05) is 19.4 Å². The Morgan fingerprint density at radius 2 is 2.13 bits per heavy atom. The average Bonchev–Trinajstić information content (AvgIpc) is 2.92. The fourth-order valence-electron chi connectivity index (χ4n) is 2.88. The van der Waals surface area contributed by atoms with Crippen LogP contribution >= 0.6 is 0 Å². The second-order valence-electron chi connectivity index (χ2n) is 5.76. The van der Waals surface area contributed by atoms with Gasteiger partial charge in [0.1, 0.15) is 5.75 Å². The van der Waals surface area contributed by atoms with E-state index in [9.17, 15) is 22.0 Å². The molecule has 1 saturated heterocycles. The van der Waals surface area contributed by atoms with Crippen LogP contribution < -0.4 is 4.74 Å². The molecule has 0 bridgehead atoms. The van der Waals surface area contributed by atoms with Gasteiger partial charge in [-0.15, -0.1) is 0 Å². The largest absolute Gasteiger partial charge is 0.493 e. The number of hydrogen-bond donors (Lipinski definition) is 1. The van der Waals surface area contributed by atoms with Crippen LogP contribution in [0.1, 0.15) is 12.0 Å². The van der Waals surface area contributed by atoms with E-state index in [1.54, 1.807) is 0 Å². The number of carboxylic acids is 1. The zero-order chi connectivity index (χ0) is 16.8. The van der Waals surface area contributed by atoms with Gasteiger partial charge in [-0.05, 0) is 23.8 Å². The third-order valence-corrected chi connectivity index (χ3v) is 5.83. The third-order valence-electron chi connectivity index (χ3n) is 4.02. The Labute approximate surface area is 131 Å². The molecule has 6 nitrogen and oxygen atoms in total. The number of rotatable bonds is 3. The lowest BCUT2D eigenvalue weighted by molar-refractivity contribution is -0.150. The number of piperidine rings is 1. The van der Waals surface area contributed by atoms with Crippen LogP contribution in [0.15, 0.2) is 23.1 Å². The summed E-state index contributed by atoms with van der Waals surface area (Å²) >= 11 is 0. The molecule has 0 aromatic heterocycles. The van der Waals surface area contributed by atoms with Crippen molar-refractivity contribution in [2.45, 2.75) is 23.7 Å². The monoisotopic (exact) mass is 347 g/mol. The van der Waals surface area contributed by atoms with Crippen molar-refractivity contribution in [1.82, 2.24) is 4.31 Å². The number of ether oxygens (including phenoxy) is 1. The van der Waals surface area contributed by atoms with Gasteiger partial charge in [-0.1, -0.05) is 0 Å². The van der Waals surface area contributed by atoms with Crippen molar-refractivity contribution in [2.75, 3.05) is 19.7 Å². The molecule has 23 heavy (non-hydrogen) atoms. The highest BCUT2D eigenvalue weighted by Crippen LogP contribution is 2.35. The predicted molar refractivity (Wildman–Crippen MR) is 75.1 cm³/mol. The first-order chi connectivity index (χ1) is 10.7. The highest BCUT2D eigenvalue weighted by molar-refractivity contribution is 7.89. The summed E-state index contributed by atoms with van der Waals surface area (Å²) in [5, 5.41) is 8.98. The fraction of sp³-hybridized carbons (Fsp3) is 0.500. The molecular formula is C14H15F2NO5S. The lowest BCUT2D eigenvalue weighted by atomic mass is 9.97. The summed E-state index contributed by atoms with van der Waals surface area (Å²) in [6.07, 6.45) is -0.307. The minimum Gasteiger partial charge on any atom is -0.493 e. The van der Waals surface area contributed by atoms with Crippen LogP contribution in [0.3, 0.4) is 0 Å². The minimum absolute atomic E-state index is 0.122. The summed E-state index contributed by atoms with van der Waals surface area (Å²) in [6.45, 7) is -1.02. The van der Waals surface area contributed by atoms with Gasteiger partial charge in [-0.2, -0.15) is 4.31 Å². The Morgan fingerprint density at radius 3 is 2.83 bits per heavy atom. The smallest absolute Gasteiger partial charge is 0.308 e. The number of halogens is 2. The van der Waals surface area contributed by atoms with E-state index in [2.05, 4.69) is 0 Å². The number of hydrogen-bond acceptors (Lipinski definition) is 4. The number of sulfonamides is 1. The number of carbonyl (C=O) groups is 1. The van der Waals surface area contributed by atoms with E-state index >= 15 is 0 Å². The Hall–Kier alpha value is -1.74. The number of aliphatic carboxylic acids is 1. The summed E-state index contributed by atoms with van der Waals surface area (Å²) in [5.41, 5.74) is 0.699. The Balaban J connectivity index is 1.93. The molecule has 0 saturated carbocycles. The van der Waals surface area contributed by atoms with Gasteiger partial charge in [0.05, 0.1) is 24.0 Å². The van der Waals surface area contributed by atoms with E-state index in [4.69, 9.17) is 9.84 Å². The standard InChI is InChI=1S/C14H15F2NO5S/c15-14(16)6-10(13(18)19)7-17(8-14)23(20,21)11-1-2-12-9(5-11)3-4-22-12/h1-2,5,10H,3-4,6-8H2,(H,18,19). The molecule has 1 aromatic carbocycles. The van der Waals surface area contributed by atoms with Crippen molar-refractivity contribution >= 4 is 16.0 Å². The first-order valence-electron chi connectivity index (χ1n) is 7.05. The van der Waals surface area contributed by atoms with Crippen molar-refractivity contribution in [3.63, 3.8) is 0 Å². The predicted octanol–water partition coefficient (Wildman–Crippen LogP) is 1.35. The summed E-state index contributed by atoms with van der Waals surface area (Å²) in [5.74, 6) is -5.64. The van der Waals surface area contributed by atoms with Gasteiger partial charge < -0.3 is 9.84 Å². The summed E-state index contributed by atoms with van der Waals surface area (Å²) in [7, 11) is -4.19. The van der Waals surface area contributed by atoms with Crippen LogP contribution in [0.5, 0.6) is 5.75 Å². The molecule has 2 aliphatic rings. The summed E-state index contributed by atoms with van der Waals surface area (Å²) < 4.78 is 58.5. The van der Waals surface area contributed by atoms with Crippen molar-refractivity contribution < 1.29 is 31.8 Å². The summed E-state index contributed by atoms with van der Waals surface area (Å²) in [4.78, 5) is 10.9. The maximum atomic E-state index is 13.7. The Morgan fingerprint density at radius 1 is 1.39 bits per heavy atom. The molecule has 1 fully saturated rings. The number of fused-ring (bicyclic) bond motifs is 1. The van der Waals surface area contributed by atoms with Crippen LogP contribution in [0.25, 0.3) is 0 Å². The molecule has 0 spiro atoms. The molecule has 1 atom stereocenters. The molecule has 3 rings (SSSR count). The number of carboxylic acid groups (broad SMARTS) is 1. The van der Waals surface area contributed by atoms with E-state index in [1.807, 2.05) is 0 Å². The van der Waals surface area contributed by atoms with Crippen molar-refractivity contribution in [1.29, 1.82) is 0 Å². The molecule has 1 N–H and O–H groups in total. The van der Waals surface area contributed by atoms with Gasteiger partial charge in [0.25, 0.3) is 5.92 Å². The van der Waals surface area contributed by atoms with Crippen LogP contribution in [-0.2, 0) is 21.2 Å². The average molecular weight is 347 g/mol. The summed E-state index contributed by atoms with van der Waals surface area (Å²) in [6, 6.07) is 4.19. The van der Waals surface area contributed by atoms with E-state index in [0.717, 1.165) is 0 Å². The van der Waals surface area contributed by atoms with Crippen LogP contribution in [-0.4, -0.2) is 49.4 Å². The van der Waals surface area contributed by atoms with Gasteiger partial charge in [-0.25, -0.2) is 17.2 Å². The third kappa shape index (κ3) is 3.02. The fourth-order valence-corrected chi connectivity index (χ4v) is 4.44. The molecular weight excluding hydrogens is 332 g/mol. The van der Waals surface area contributed by atoms with Gasteiger partial charge >= 0.3 is 5.97 Å². The first kappa shape index (κ1) is 16.1.